The normalized spacial score (nSPS) is 15.2. The van der Waals surface area contributed by atoms with Gasteiger partial charge in [-0.15, -0.1) is 12.4 Å². The quantitative estimate of drug-likeness (QED) is 0.734. The number of benzene rings is 2. The van der Waals surface area contributed by atoms with Crippen LogP contribution in [0.1, 0.15) is 28.8 Å². The molecule has 0 aromatic heterocycles. The molecule has 0 radical (unpaired) electrons. The van der Waals surface area contributed by atoms with Gasteiger partial charge in [-0.2, -0.15) is 13.2 Å². The number of hydrogen-bond donors (Lipinski definition) is 1. The molecule has 152 valence electrons. The molecule has 2 aromatic carbocycles. The summed E-state index contributed by atoms with van der Waals surface area (Å²) in [4.78, 5) is 14.5. The molecule has 0 atom stereocenters. The summed E-state index contributed by atoms with van der Waals surface area (Å²) in [6, 6.07) is 8.30. The minimum Gasteiger partial charge on any atom is -0.339 e. The van der Waals surface area contributed by atoms with Crippen molar-refractivity contribution in [1.82, 2.24) is 4.90 Å². The molecule has 1 saturated heterocycles. The summed E-state index contributed by atoms with van der Waals surface area (Å²) in [7, 11) is 0. The third-order valence-electron chi connectivity index (χ3n) is 4.95. The molecule has 0 aliphatic carbocycles. The first-order valence-corrected chi connectivity index (χ1v) is 8.76. The van der Waals surface area contributed by atoms with Gasteiger partial charge in [-0.05, 0) is 60.7 Å². The van der Waals surface area contributed by atoms with Crippen LogP contribution in [0.4, 0.5) is 17.6 Å². The van der Waals surface area contributed by atoms with E-state index in [1.807, 2.05) is 0 Å². The van der Waals surface area contributed by atoms with Crippen molar-refractivity contribution in [3.63, 3.8) is 0 Å². The van der Waals surface area contributed by atoms with E-state index in [2.05, 4.69) is 0 Å². The van der Waals surface area contributed by atoms with Gasteiger partial charge < -0.3 is 10.6 Å². The average molecular weight is 417 g/mol. The monoisotopic (exact) mass is 416 g/mol. The third kappa shape index (κ3) is 4.83. The molecule has 3 rings (SSSR count). The number of amides is 1. The zero-order valence-corrected chi connectivity index (χ0v) is 15.8. The first-order chi connectivity index (χ1) is 12.8. The molecule has 0 unspecified atom stereocenters. The van der Waals surface area contributed by atoms with E-state index < -0.39 is 17.6 Å². The second kappa shape index (κ2) is 8.92. The Kier molecular flexibility index (Phi) is 7.06. The Bertz CT molecular complexity index is 833. The maximum atomic E-state index is 13.8. The van der Waals surface area contributed by atoms with Gasteiger partial charge in [0.2, 0.25) is 0 Å². The molecule has 28 heavy (non-hydrogen) atoms. The number of halogens is 5. The Hall–Kier alpha value is -2.12. The molecule has 1 fully saturated rings. The van der Waals surface area contributed by atoms with Crippen LogP contribution < -0.4 is 5.73 Å². The molecule has 0 saturated carbocycles. The third-order valence-corrected chi connectivity index (χ3v) is 4.95. The van der Waals surface area contributed by atoms with Crippen molar-refractivity contribution in [2.24, 2.45) is 11.7 Å². The van der Waals surface area contributed by atoms with Gasteiger partial charge in [-0.1, -0.05) is 18.2 Å². The number of carbonyl (C=O) groups excluding carboxylic acids is 1. The Labute approximate surface area is 166 Å². The number of likely N-dealkylation sites (tertiary alicyclic amines) is 1. The number of carbonyl (C=O) groups is 1. The molecule has 1 heterocycles. The lowest BCUT2D eigenvalue weighted by Gasteiger charge is -2.32. The minimum absolute atomic E-state index is 0. The highest BCUT2D eigenvalue weighted by Crippen LogP contribution is 2.34. The van der Waals surface area contributed by atoms with Gasteiger partial charge >= 0.3 is 6.18 Å². The van der Waals surface area contributed by atoms with Gasteiger partial charge in [0.1, 0.15) is 5.82 Å². The fraction of sp³-hybridized carbons (Fsp3) is 0.350. The molecule has 1 aliphatic rings. The van der Waals surface area contributed by atoms with Crippen LogP contribution in [-0.4, -0.2) is 30.4 Å². The summed E-state index contributed by atoms with van der Waals surface area (Å²) < 4.78 is 52.9. The predicted octanol–water partition coefficient (Wildman–Crippen LogP) is 4.74. The van der Waals surface area contributed by atoms with E-state index in [1.54, 1.807) is 4.90 Å². The summed E-state index contributed by atoms with van der Waals surface area (Å²) in [5, 5.41) is 0. The number of alkyl halides is 3. The fourth-order valence-corrected chi connectivity index (χ4v) is 3.35. The number of nitrogens with zero attached hydrogens (tertiary/aromatic N) is 1. The molecule has 0 spiro atoms. The van der Waals surface area contributed by atoms with Gasteiger partial charge in [-0.25, -0.2) is 4.39 Å². The Balaban J connectivity index is 0.00000280. The van der Waals surface area contributed by atoms with Gasteiger partial charge in [0.15, 0.2) is 0 Å². The van der Waals surface area contributed by atoms with Crippen LogP contribution in [0.3, 0.4) is 0 Å². The first-order valence-electron chi connectivity index (χ1n) is 8.76. The van der Waals surface area contributed by atoms with Crippen LogP contribution in [0.2, 0.25) is 0 Å². The first kappa shape index (κ1) is 22.2. The van der Waals surface area contributed by atoms with Crippen LogP contribution in [0.5, 0.6) is 0 Å². The van der Waals surface area contributed by atoms with Crippen molar-refractivity contribution in [1.29, 1.82) is 0 Å². The van der Waals surface area contributed by atoms with Gasteiger partial charge in [0, 0.05) is 13.1 Å². The summed E-state index contributed by atoms with van der Waals surface area (Å²) in [5.74, 6) is -0.632. The Morgan fingerprint density at radius 1 is 1.11 bits per heavy atom. The van der Waals surface area contributed by atoms with E-state index in [0.717, 1.165) is 37.1 Å². The van der Waals surface area contributed by atoms with Crippen molar-refractivity contribution in [3.8, 4) is 11.1 Å². The molecule has 1 amide bonds. The summed E-state index contributed by atoms with van der Waals surface area (Å²) in [5.41, 5.74) is 5.43. The molecule has 8 heteroatoms. The van der Waals surface area contributed by atoms with Crippen LogP contribution in [0, 0.1) is 11.7 Å². The van der Waals surface area contributed by atoms with E-state index >= 15 is 0 Å². The molecule has 2 N–H and O–H groups in total. The second-order valence-electron chi connectivity index (χ2n) is 6.74. The summed E-state index contributed by atoms with van der Waals surface area (Å²) >= 11 is 0. The van der Waals surface area contributed by atoms with Crippen molar-refractivity contribution in [2.45, 2.75) is 19.0 Å². The molecule has 3 nitrogen and oxygen atoms in total. The van der Waals surface area contributed by atoms with Crippen molar-refractivity contribution in [3.05, 3.63) is 59.4 Å². The Morgan fingerprint density at radius 2 is 1.79 bits per heavy atom. The van der Waals surface area contributed by atoms with Crippen LogP contribution in [-0.2, 0) is 6.18 Å². The Morgan fingerprint density at radius 3 is 2.39 bits per heavy atom. The fourth-order valence-electron chi connectivity index (χ4n) is 3.35. The zero-order chi connectivity index (χ0) is 19.6. The second-order valence-corrected chi connectivity index (χ2v) is 6.74. The van der Waals surface area contributed by atoms with Crippen LogP contribution in [0.15, 0.2) is 42.5 Å². The van der Waals surface area contributed by atoms with E-state index in [0.29, 0.717) is 25.6 Å². The molecule has 1 aliphatic heterocycles. The number of rotatable bonds is 3. The number of nitrogens with two attached hydrogens (primary N) is 1. The standard InChI is InChI=1S/C20H20F4N2O.ClH/c21-16-4-5-17(14-2-1-3-15(10-14)20(22,23)24)18(11-16)19(27)26-8-6-13(12-25)7-9-26;/h1-5,10-11,13H,6-9,12,25H2;1H. The van der Waals surface area contributed by atoms with Gasteiger partial charge in [0.05, 0.1) is 11.1 Å². The predicted molar refractivity (Wildman–Crippen MR) is 102 cm³/mol. The molecule has 2 aromatic rings. The SMILES string of the molecule is Cl.NCC1CCN(C(=O)c2cc(F)ccc2-c2cccc(C(F)(F)F)c2)CC1. The lowest BCUT2D eigenvalue weighted by Crippen LogP contribution is -2.40. The average Bonchev–Trinajstić information content (AvgIpc) is 2.67. The molecular weight excluding hydrogens is 396 g/mol. The van der Waals surface area contributed by atoms with Crippen LogP contribution in [0.25, 0.3) is 11.1 Å². The highest BCUT2D eigenvalue weighted by Gasteiger charge is 2.31. The zero-order valence-electron chi connectivity index (χ0n) is 15.0. The maximum absolute atomic E-state index is 13.8. The van der Waals surface area contributed by atoms with E-state index in [1.165, 1.54) is 18.2 Å². The smallest absolute Gasteiger partial charge is 0.339 e. The highest BCUT2D eigenvalue weighted by atomic mass is 35.5. The lowest BCUT2D eigenvalue weighted by atomic mass is 9.94. The number of hydrogen-bond acceptors (Lipinski definition) is 2. The van der Waals surface area contributed by atoms with E-state index in [-0.39, 0.29) is 35.0 Å². The lowest BCUT2D eigenvalue weighted by molar-refractivity contribution is -0.137. The largest absolute Gasteiger partial charge is 0.416 e. The maximum Gasteiger partial charge on any atom is 0.416 e. The van der Waals surface area contributed by atoms with Gasteiger partial charge in [-0.3, -0.25) is 4.79 Å². The minimum atomic E-state index is -4.50. The van der Waals surface area contributed by atoms with Crippen LogP contribution >= 0.6 is 12.4 Å². The highest BCUT2D eigenvalue weighted by molar-refractivity contribution is 6.01. The van der Waals surface area contributed by atoms with E-state index in [9.17, 15) is 22.4 Å². The van der Waals surface area contributed by atoms with Crippen molar-refractivity contribution in [2.75, 3.05) is 19.6 Å². The summed E-state index contributed by atoms with van der Waals surface area (Å²) in [6.45, 7) is 1.55. The number of piperidine rings is 1. The van der Waals surface area contributed by atoms with Crippen molar-refractivity contribution < 1.29 is 22.4 Å². The summed E-state index contributed by atoms with van der Waals surface area (Å²) in [6.07, 6.45) is -2.97. The van der Waals surface area contributed by atoms with Gasteiger partial charge in [0.25, 0.3) is 5.91 Å². The van der Waals surface area contributed by atoms with E-state index in [4.69, 9.17) is 5.73 Å². The molecule has 0 bridgehead atoms. The molecular formula is C20H21ClF4N2O. The topological polar surface area (TPSA) is 46.3 Å². The van der Waals surface area contributed by atoms with Crippen molar-refractivity contribution >= 4 is 18.3 Å².